The molecule has 1 saturated heterocycles. The first kappa shape index (κ1) is 15.9. The number of likely N-dealkylation sites (tertiary alicyclic amines) is 1. The molecule has 0 amide bonds. The zero-order valence-electron chi connectivity index (χ0n) is 11.8. The van der Waals surface area contributed by atoms with Gasteiger partial charge >= 0.3 is 0 Å². The van der Waals surface area contributed by atoms with E-state index >= 15 is 0 Å². The van der Waals surface area contributed by atoms with Gasteiger partial charge in [-0.05, 0) is 51.1 Å². The highest BCUT2D eigenvalue weighted by Gasteiger charge is 2.21. The van der Waals surface area contributed by atoms with Crippen LogP contribution in [0.2, 0.25) is 0 Å². The summed E-state index contributed by atoms with van der Waals surface area (Å²) in [5.41, 5.74) is -0.273. The zero-order chi connectivity index (χ0) is 15.5. The molecular weight excluding hydrogens is 293 g/mol. The van der Waals surface area contributed by atoms with Crippen molar-refractivity contribution >= 4 is 10.0 Å². The Morgan fingerprint density at radius 1 is 1.43 bits per heavy atom. The van der Waals surface area contributed by atoms with Crippen LogP contribution in [0.5, 0.6) is 0 Å². The van der Waals surface area contributed by atoms with Gasteiger partial charge in [-0.3, -0.25) is 4.90 Å². The average Bonchev–Trinajstić information content (AvgIpc) is 2.99. The van der Waals surface area contributed by atoms with Gasteiger partial charge in [0, 0.05) is 12.6 Å². The Morgan fingerprint density at radius 3 is 2.71 bits per heavy atom. The molecule has 0 radical (unpaired) electrons. The van der Waals surface area contributed by atoms with Crippen LogP contribution in [0.15, 0.2) is 23.1 Å². The first-order valence-electron chi connectivity index (χ1n) is 6.87. The predicted molar refractivity (Wildman–Crippen MR) is 76.6 cm³/mol. The van der Waals surface area contributed by atoms with Crippen LogP contribution in [0.1, 0.15) is 25.3 Å². The lowest BCUT2D eigenvalue weighted by Gasteiger charge is -2.23. The molecule has 0 aromatic heterocycles. The Balaban J connectivity index is 2.06. The number of halogens is 1. The van der Waals surface area contributed by atoms with Gasteiger partial charge in [0.25, 0.3) is 0 Å². The van der Waals surface area contributed by atoms with Gasteiger partial charge in [0.05, 0.1) is 10.5 Å². The van der Waals surface area contributed by atoms with Crippen molar-refractivity contribution in [3.05, 3.63) is 29.6 Å². The Bertz CT molecular complexity index is 649. The standard InChI is InChI=1S/C14H18FN3O2S/c1-11(18-6-2-3-7-18)10-17-21(19,20)13-4-5-14(15)12(8-13)9-16/h4-5,8,11,17H,2-3,6-7,10H2,1H3. The van der Waals surface area contributed by atoms with E-state index in [-0.39, 0.29) is 16.5 Å². The van der Waals surface area contributed by atoms with Gasteiger partial charge in [0.2, 0.25) is 10.0 Å². The molecule has 1 heterocycles. The number of nitrogens with zero attached hydrogens (tertiary/aromatic N) is 2. The maximum absolute atomic E-state index is 13.2. The molecule has 0 spiro atoms. The second-order valence-corrected chi connectivity index (χ2v) is 6.96. The van der Waals surface area contributed by atoms with E-state index in [1.807, 2.05) is 6.92 Å². The van der Waals surface area contributed by atoms with Gasteiger partial charge in [-0.2, -0.15) is 5.26 Å². The SMILES string of the molecule is CC(CNS(=O)(=O)c1ccc(F)c(C#N)c1)N1CCCC1. The van der Waals surface area contributed by atoms with Gasteiger partial charge < -0.3 is 0 Å². The number of hydrogen-bond acceptors (Lipinski definition) is 4. The Labute approximate surface area is 124 Å². The number of sulfonamides is 1. The smallest absolute Gasteiger partial charge is 0.240 e. The number of nitriles is 1. The fraction of sp³-hybridized carbons (Fsp3) is 0.500. The van der Waals surface area contributed by atoms with Gasteiger partial charge in [-0.25, -0.2) is 17.5 Å². The summed E-state index contributed by atoms with van der Waals surface area (Å²) in [4.78, 5) is 2.14. The lowest BCUT2D eigenvalue weighted by atomic mass is 10.2. The number of nitrogens with one attached hydrogen (secondary N) is 1. The van der Waals surface area contributed by atoms with Crippen molar-refractivity contribution in [2.75, 3.05) is 19.6 Å². The summed E-state index contributed by atoms with van der Waals surface area (Å²) in [5, 5.41) is 8.76. The number of benzene rings is 1. The molecule has 0 bridgehead atoms. The molecular formula is C14H18FN3O2S. The zero-order valence-corrected chi connectivity index (χ0v) is 12.7. The summed E-state index contributed by atoms with van der Waals surface area (Å²) in [7, 11) is -3.73. The molecule has 5 nitrogen and oxygen atoms in total. The van der Waals surface area contributed by atoms with Gasteiger partial charge in [-0.15, -0.1) is 0 Å². The summed E-state index contributed by atoms with van der Waals surface area (Å²) >= 11 is 0. The van der Waals surface area contributed by atoms with Gasteiger partial charge in [0.1, 0.15) is 11.9 Å². The maximum Gasteiger partial charge on any atom is 0.240 e. The average molecular weight is 311 g/mol. The Morgan fingerprint density at radius 2 is 2.10 bits per heavy atom. The highest BCUT2D eigenvalue weighted by molar-refractivity contribution is 7.89. The van der Waals surface area contributed by atoms with Gasteiger partial charge in [-0.1, -0.05) is 0 Å². The van der Waals surface area contributed by atoms with Crippen molar-refractivity contribution in [1.29, 1.82) is 5.26 Å². The molecule has 1 N–H and O–H groups in total. The van der Waals surface area contributed by atoms with E-state index in [4.69, 9.17) is 5.26 Å². The minimum absolute atomic E-state index is 0.0888. The summed E-state index contributed by atoms with van der Waals surface area (Å²) in [6, 6.07) is 4.97. The third kappa shape index (κ3) is 3.79. The molecule has 114 valence electrons. The number of rotatable bonds is 5. The maximum atomic E-state index is 13.2. The molecule has 0 saturated carbocycles. The predicted octanol–water partition coefficient (Wildman–Crippen LogP) is 1.46. The van der Waals surface area contributed by atoms with Crippen LogP contribution < -0.4 is 4.72 Å². The van der Waals surface area contributed by atoms with E-state index in [1.165, 1.54) is 6.07 Å². The van der Waals surface area contributed by atoms with E-state index < -0.39 is 15.8 Å². The second-order valence-electron chi connectivity index (χ2n) is 5.20. The lowest BCUT2D eigenvalue weighted by Crippen LogP contribution is -2.40. The van der Waals surface area contributed by atoms with E-state index in [2.05, 4.69) is 9.62 Å². The number of hydrogen-bond donors (Lipinski definition) is 1. The van der Waals surface area contributed by atoms with Crippen LogP contribution in [-0.2, 0) is 10.0 Å². The molecule has 2 rings (SSSR count). The quantitative estimate of drug-likeness (QED) is 0.893. The molecule has 1 aliphatic rings. The van der Waals surface area contributed by atoms with Crippen LogP contribution in [-0.4, -0.2) is 39.0 Å². The highest BCUT2D eigenvalue weighted by atomic mass is 32.2. The van der Waals surface area contributed by atoms with Crippen LogP contribution in [0.4, 0.5) is 4.39 Å². The van der Waals surface area contributed by atoms with Gasteiger partial charge in [0.15, 0.2) is 0 Å². The summed E-state index contributed by atoms with van der Waals surface area (Å²) in [6.07, 6.45) is 2.28. The summed E-state index contributed by atoms with van der Waals surface area (Å²) in [5.74, 6) is -0.720. The minimum atomic E-state index is -3.73. The van der Waals surface area contributed by atoms with Crippen molar-refractivity contribution < 1.29 is 12.8 Å². The molecule has 21 heavy (non-hydrogen) atoms. The van der Waals surface area contributed by atoms with E-state index in [1.54, 1.807) is 6.07 Å². The lowest BCUT2D eigenvalue weighted by molar-refractivity contribution is 0.260. The third-order valence-electron chi connectivity index (χ3n) is 3.70. The van der Waals surface area contributed by atoms with E-state index in [0.29, 0.717) is 6.54 Å². The molecule has 1 aromatic rings. The molecule has 1 aliphatic heterocycles. The fourth-order valence-electron chi connectivity index (χ4n) is 2.38. The van der Waals surface area contributed by atoms with E-state index in [0.717, 1.165) is 38.1 Å². The van der Waals surface area contributed by atoms with Crippen molar-refractivity contribution in [3.63, 3.8) is 0 Å². The minimum Gasteiger partial charge on any atom is -0.299 e. The first-order valence-corrected chi connectivity index (χ1v) is 8.36. The molecule has 1 fully saturated rings. The normalized spacial score (nSPS) is 17.6. The molecule has 1 unspecified atom stereocenters. The first-order chi connectivity index (χ1) is 9.94. The fourth-order valence-corrected chi connectivity index (χ4v) is 3.53. The van der Waals surface area contributed by atoms with Crippen LogP contribution in [0, 0.1) is 17.1 Å². The topological polar surface area (TPSA) is 73.2 Å². The highest BCUT2D eigenvalue weighted by Crippen LogP contribution is 2.15. The molecule has 7 heteroatoms. The van der Waals surface area contributed by atoms with Crippen molar-refractivity contribution in [1.82, 2.24) is 9.62 Å². The third-order valence-corrected chi connectivity index (χ3v) is 5.12. The van der Waals surface area contributed by atoms with Crippen molar-refractivity contribution in [2.24, 2.45) is 0 Å². The molecule has 1 atom stereocenters. The Kier molecular flexibility index (Phi) is 4.93. The van der Waals surface area contributed by atoms with E-state index in [9.17, 15) is 12.8 Å². The monoisotopic (exact) mass is 311 g/mol. The van der Waals surface area contributed by atoms with Crippen LogP contribution in [0.3, 0.4) is 0 Å². The van der Waals surface area contributed by atoms with Crippen molar-refractivity contribution in [2.45, 2.75) is 30.7 Å². The second kappa shape index (κ2) is 6.52. The summed E-state index contributed by atoms with van der Waals surface area (Å²) in [6.45, 7) is 4.23. The molecule has 1 aromatic carbocycles. The largest absolute Gasteiger partial charge is 0.299 e. The van der Waals surface area contributed by atoms with Crippen molar-refractivity contribution in [3.8, 4) is 6.07 Å². The Hall–Kier alpha value is -1.49. The van der Waals surface area contributed by atoms with Crippen LogP contribution in [0.25, 0.3) is 0 Å². The molecule has 0 aliphatic carbocycles. The van der Waals surface area contributed by atoms with Crippen LogP contribution >= 0.6 is 0 Å². The summed E-state index contributed by atoms with van der Waals surface area (Å²) < 4.78 is 40.1.